The Hall–Kier alpha value is -2.79. The van der Waals surface area contributed by atoms with Crippen molar-refractivity contribution in [1.29, 1.82) is 0 Å². The molecule has 0 spiro atoms. The second-order valence-corrected chi connectivity index (χ2v) is 7.30. The number of anilines is 1. The molecule has 2 amide bonds. The standard InChI is InChI=1S/C22H27N3O2/c1-16(2)14-25-11-10-18-13-19(8-9-21(18)25)23-22(27)24-20(15-26)12-17-6-4-3-5-7-17/h3-11,13,16,20,26H,12,14-15H2,1-2H3,(H2,23,24,27). The van der Waals surface area contributed by atoms with Crippen molar-refractivity contribution in [2.24, 2.45) is 5.92 Å². The number of fused-ring (bicyclic) bond motifs is 1. The summed E-state index contributed by atoms with van der Waals surface area (Å²) in [6.45, 7) is 5.24. The fraction of sp³-hybridized carbons (Fsp3) is 0.318. The summed E-state index contributed by atoms with van der Waals surface area (Å²) >= 11 is 0. The van der Waals surface area contributed by atoms with E-state index >= 15 is 0 Å². The summed E-state index contributed by atoms with van der Waals surface area (Å²) < 4.78 is 2.23. The van der Waals surface area contributed by atoms with Crippen molar-refractivity contribution in [1.82, 2.24) is 9.88 Å². The molecule has 3 rings (SSSR count). The quantitative estimate of drug-likeness (QED) is 0.592. The Kier molecular flexibility index (Phi) is 6.14. The molecule has 5 heteroatoms. The first kappa shape index (κ1) is 19.0. The second kappa shape index (κ2) is 8.73. The molecule has 0 radical (unpaired) electrons. The van der Waals surface area contributed by atoms with Crippen LogP contribution in [0.2, 0.25) is 0 Å². The Morgan fingerprint density at radius 1 is 1.11 bits per heavy atom. The number of aliphatic hydroxyl groups is 1. The lowest BCUT2D eigenvalue weighted by Crippen LogP contribution is -2.41. The maximum Gasteiger partial charge on any atom is 0.319 e. The normalized spacial score (nSPS) is 12.3. The lowest BCUT2D eigenvalue weighted by molar-refractivity contribution is 0.224. The maximum absolute atomic E-state index is 12.3. The van der Waals surface area contributed by atoms with Crippen LogP contribution >= 0.6 is 0 Å². The van der Waals surface area contributed by atoms with E-state index in [4.69, 9.17) is 0 Å². The molecule has 1 aromatic heterocycles. The Bertz CT molecular complexity index is 887. The van der Waals surface area contributed by atoms with Crippen LogP contribution in [0.25, 0.3) is 10.9 Å². The number of aromatic nitrogens is 1. The number of rotatable bonds is 7. The molecule has 0 saturated heterocycles. The van der Waals surface area contributed by atoms with Crippen molar-refractivity contribution < 1.29 is 9.90 Å². The zero-order valence-corrected chi connectivity index (χ0v) is 15.9. The van der Waals surface area contributed by atoms with E-state index in [2.05, 4.69) is 41.3 Å². The van der Waals surface area contributed by atoms with E-state index < -0.39 is 0 Å². The van der Waals surface area contributed by atoms with E-state index in [0.717, 1.165) is 28.7 Å². The van der Waals surface area contributed by atoms with E-state index in [1.165, 1.54) is 0 Å². The largest absolute Gasteiger partial charge is 0.394 e. The maximum atomic E-state index is 12.3. The third-order valence-electron chi connectivity index (χ3n) is 4.47. The topological polar surface area (TPSA) is 66.3 Å². The van der Waals surface area contributed by atoms with Gasteiger partial charge in [-0.1, -0.05) is 44.2 Å². The first-order valence-corrected chi connectivity index (χ1v) is 9.36. The smallest absolute Gasteiger partial charge is 0.319 e. The number of nitrogens with zero attached hydrogens (tertiary/aromatic N) is 1. The Balaban J connectivity index is 1.63. The molecule has 3 aromatic rings. The lowest BCUT2D eigenvalue weighted by Gasteiger charge is -2.17. The van der Waals surface area contributed by atoms with Gasteiger partial charge in [-0.2, -0.15) is 0 Å². The Morgan fingerprint density at radius 3 is 2.59 bits per heavy atom. The van der Waals surface area contributed by atoms with Gasteiger partial charge in [0.15, 0.2) is 0 Å². The SMILES string of the molecule is CC(C)Cn1ccc2cc(NC(=O)NC(CO)Cc3ccccc3)ccc21. The summed E-state index contributed by atoms with van der Waals surface area (Å²) in [6, 6.07) is 17.1. The minimum absolute atomic E-state index is 0.112. The van der Waals surface area contributed by atoms with Crippen LogP contribution in [0.15, 0.2) is 60.8 Å². The molecule has 0 aliphatic carbocycles. The first-order valence-electron chi connectivity index (χ1n) is 9.36. The molecule has 1 heterocycles. The molecule has 5 nitrogen and oxygen atoms in total. The van der Waals surface area contributed by atoms with Gasteiger partial charge in [0.1, 0.15) is 0 Å². The van der Waals surface area contributed by atoms with Gasteiger partial charge in [0, 0.05) is 29.3 Å². The summed E-state index contributed by atoms with van der Waals surface area (Å²) in [5.74, 6) is 0.573. The van der Waals surface area contributed by atoms with Crippen LogP contribution in [0.3, 0.4) is 0 Å². The van der Waals surface area contributed by atoms with Crippen LogP contribution < -0.4 is 10.6 Å². The number of urea groups is 1. The molecule has 0 fully saturated rings. The summed E-state index contributed by atoms with van der Waals surface area (Å²) in [6.07, 6.45) is 2.66. The summed E-state index contributed by atoms with van der Waals surface area (Å²) in [5.41, 5.74) is 2.97. The van der Waals surface area contributed by atoms with Crippen LogP contribution in [0.1, 0.15) is 19.4 Å². The van der Waals surface area contributed by atoms with Crippen LogP contribution in [0.5, 0.6) is 0 Å². The van der Waals surface area contributed by atoms with Gasteiger partial charge in [-0.15, -0.1) is 0 Å². The molecular formula is C22H27N3O2. The number of carbonyl (C=O) groups excluding carboxylic acids is 1. The second-order valence-electron chi connectivity index (χ2n) is 7.30. The zero-order chi connectivity index (χ0) is 19.2. The van der Waals surface area contributed by atoms with Gasteiger partial charge in [-0.05, 0) is 42.2 Å². The average molecular weight is 365 g/mol. The van der Waals surface area contributed by atoms with Gasteiger partial charge in [-0.25, -0.2) is 4.79 Å². The van der Waals surface area contributed by atoms with E-state index in [1.54, 1.807) is 0 Å². The average Bonchev–Trinajstić information content (AvgIpc) is 3.03. The minimum atomic E-state index is -0.330. The van der Waals surface area contributed by atoms with Crippen LogP contribution in [0, 0.1) is 5.92 Å². The monoisotopic (exact) mass is 365 g/mol. The molecule has 0 aliphatic heterocycles. The molecule has 2 aromatic carbocycles. The molecule has 1 atom stereocenters. The number of aliphatic hydroxyl groups excluding tert-OH is 1. The fourth-order valence-corrected chi connectivity index (χ4v) is 3.24. The zero-order valence-electron chi connectivity index (χ0n) is 15.9. The van der Waals surface area contributed by atoms with Crippen LogP contribution in [-0.4, -0.2) is 28.4 Å². The lowest BCUT2D eigenvalue weighted by atomic mass is 10.1. The molecule has 3 N–H and O–H groups in total. The van der Waals surface area contributed by atoms with Gasteiger partial charge >= 0.3 is 6.03 Å². The highest BCUT2D eigenvalue weighted by Crippen LogP contribution is 2.21. The predicted octanol–water partition coefficient (Wildman–Crippen LogP) is 4.02. The van der Waals surface area contributed by atoms with Crippen molar-refractivity contribution in [2.45, 2.75) is 32.9 Å². The Morgan fingerprint density at radius 2 is 1.89 bits per heavy atom. The predicted molar refractivity (Wildman–Crippen MR) is 110 cm³/mol. The minimum Gasteiger partial charge on any atom is -0.394 e. The third-order valence-corrected chi connectivity index (χ3v) is 4.47. The fourth-order valence-electron chi connectivity index (χ4n) is 3.24. The number of hydrogen-bond acceptors (Lipinski definition) is 2. The number of nitrogens with one attached hydrogen (secondary N) is 2. The van der Waals surface area contributed by atoms with Crippen LogP contribution in [0.4, 0.5) is 10.5 Å². The molecule has 142 valence electrons. The molecule has 1 unspecified atom stereocenters. The van der Waals surface area contributed by atoms with Crippen molar-refractivity contribution in [3.05, 3.63) is 66.4 Å². The Labute approximate surface area is 160 Å². The van der Waals surface area contributed by atoms with Gasteiger partial charge in [0.25, 0.3) is 0 Å². The van der Waals surface area contributed by atoms with Crippen molar-refractivity contribution >= 4 is 22.6 Å². The highest BCUT2D eigenvalue weighted by atomic mass is 16.3. The van der Waals surface area contributed by atoms with Crippen molar-refractivity contribution in [2.75, 3.05) is 11.9 Å². The molecule has 0 saturated carbocycles. The number of amides is 2. The molecule has 27 heavy (non-hydrogen) atoms. The van der Waals surface area contributed by atoms with E-state index in [1.807, 2.05) is 48.5 Å². The molecular weight excluding hydrogens is 338 g/mol. The molecule has 0 aliphatic rings. The van der Waals surface area contributed by atoms with Crippen LogP contribution in [-0.2, 0) is 13.0 Å². The third kappa shape index (κ3) is 5.11. The van der Waals surface area contributed by atoms with Gasteiger partial charge in [0.2, 0.25) is 0 Å². The summed E-state index contributed by atoms with van der Waals surface area (Å²) in [7, 11) is 0. The van der Waals surface area contributed by atoms with E-state index in [0.29, 0.717) is 12.3 Å². The van der Waals surface area contributed by atoms with E-state index in [9.17, 15) is 9.90 Å². The van der Waals surface area contributed by atoms with E-state index in [-0.39, 0.29) is 18.7 Å². The summed E-state index contributed by atoms with van der Waals surface area (Å²) in [4.78, 5) is 12.3. The van der Waals surface area contributed by atoms with Gasteiger partial charge in [-0.3, -0.25) is 0 Å². The van der Waals surface area contributed by atoms with Gasteiger partial charge < -0.3 is 20.3 Å². The highest BCUT2D eigenvalue weighted by molar-refractivity contribution is 5.93. The first-order chi connectivity index (χ1) is 13.0. The van der Waals surface area contributed by atoms with Crippen molar-refractivity contribution in [3.63, 3.8) is 0 Å². The van der Waals surface area contributed by atoms with Crippen molar-refractivity contribution in [3.8, 4) is 0 Å². The van der Waals surface area contributed by atoms with Gasteiger partial charge in [0.05, 0.1) is 12.6 Å². The number of carbonyl (C=O) groups is 1. The number of benzene rings is 2. The molecule has 0 bridgehead atoms. The summed E-state index contributed by atoms with van der Waals surface area (Å²) in [5, 5.41) is 16.4. The number of hydrogen-bond donors (Lipinski definition) is 3. The highest BCUT2D eigenvalue weighted by Gasteiger charge is 2.13.